The first kappa shape index (κ1) is 16.5. The number of halogens is 1. The van der Waals surface area contributed by atoms with Crippen molar-refractivity contribution in [2.45, 2.75) is 38.6 Å². The van der Waals surface area contributed by atoms with E-state index in [0.717, 1.165) is 25.2 Å². The Morgan fingerprint density at radius 3 is 2.96 bits per heavy atom. The molecule has 0 saturated heterocycles. The summed E-state index contributed by atoms with van der Waals surface area (Å²) in [7, 11) is 0. The van der Waals surface area contributed by atoms with Gasteiger partial charge in [-0.2, -0.15) is 0 Å². The van der Waals surface area contributed by atoms with Gasteiger partial charge in [0.1, 0.15) is 11.6 Å². The number of hydrogen-bond donors (Lipinski definition) is 1. The van der Waals surface area contributed by atoms with Gasteiger partial charge >= 0.3 is 0 Å². The van der Waals surface area contributed by atoms with Gasteiger partial charge in [0.2, 0.25) is 5.91 Å². The van der Waals surface area contributed by atoms with E-state index in [2.05, 4.69) is 11.4 Å². The first-order valence-electron chi connectivity index (χ1n) is 8.39. The van der Waals surface area contributed by atoms with Gasteiger partial charge < -0.3 is 10.1 Å². The molecule has 2 aromatic rings. The fourth-order valence-corrected chi connectivity index (χ4v) is 3.07. The van der Waals surface area contributed by atoms with E-state index >= 15 is 0 Å². The highest BCUT2D eigenvalue weighted by Crippen LogP contribution is 2.26. The Balaban J connectivity index is 1.48. The predicted octanol–water partition coefficient (Wildman–Crippen LogP) is 3.44. The Kier molecular flexibility index (Phi) is 5.14. The molecule has 3 nitrogen and oxygen atoms in total. The van der Waals surface area contributed by atoms with Gasteiger partial charge in [0.25, 0.3) is 0 Å². The Morgan fingerprint density at radius 2 is 2.12 bits per heavy atom. The minimum atomic E-state index is -0.251. The summed E-state index contributed by atoms with van der Waals surface area (Å²) in [4.78, 5) is 12.1. The molecule has 0 spiro atoms. The molecule has 0 aliphatic carbocycles. The van der Waals surface area contributed by atoms with Crippen LogP contribution in [-0.4, -0.2) is 18.6 Å². The summed E-state index contributed by atoms with van der Waals surface area (Å²) >= 11 is 0. The van der Waals surface area contributed by atoms with Crippen LogP contribution in [0, 0.1) is 5.82 Å². The molecule has 1 atom stereocenters. The van der Waals surface area contributed by atoms with E-state index in [1.165, 1.54) is 17.2 Å². The zero-order valence-electron chi connectivity index (χ0n) is 13.8. The molecule has 0 bridgehead atoms. The Labute approximate surface area is 141 Å². The quantitative estimate of drug-likeness (QED) is 0.882. The lowest BCUT2D eigenvalue weighted by molar-refractivity contribution is -0.121. The number of nitrogens with one attached hydrogen (secondary N) is 1. The van der Waals surface area contributed by atoms with E-state index in [0.29, 0.717) is 18.4 Å². The second-order valence-corrected chi connectivity index (χ2v) is 6.30. The minimum absolute atomic E-state index is 0.0403. The minimum Gasteiger partial charge on any atom is -0.493 e. The molecule has 1 aliphatic rings. The van der Waals surface area contributed by atoms with Crippen molar-refractivity contribution in [1.82, 2.24) is 5.32 Å². The molecule has 1 heterocycles. The number of fused-ring (bicyclic) bond motifs is 1. The normalized spacial score (nSPS) is 13.9. The number of hydrogen-bond acceptors (Lipinski definition) is 2. The number of aryl methyl sites for hydroxylation is 1. The number of amides is 1. The van der Waals surface area contributed by atoms with E-state index in [1.54, 1.807) is 18.2 Å². The van der Waals surface area contributed by atoms with E-state index in [-0.39, 0.29) is 17.8 Å². The first-order valence-corrected chi connectivity index (χ1v) is 8.39. The first-order chi connectivity index (χ1) is 11.6. The van der Waals surface area contributed by atoms with Crippen LogP contribution in [0.2, 0.25) is 0 Å². The fourth-order valence-electron chi connectivity index (χ4n) is 3.07. The zero-order valence-corrected chi connectivity index (χ0v) is 13.8. The van der Waals surface area contributed by atoms with Gasteiger partial charge in [0.05, 0.1) is 6.61 Å². The molecule has 126 valence electrons. The molecule has 0 radical (unpaired) electrons. The van der Waals surface area contributed by atoms with Crippen LogP contribution in [0.4, 0.5) is 4.39 Å². The van der Waals surface area contributed by atoms with Crippen molar-refractivity contribution in [3.63, 3.8) is 0 Å². The van der Waals surface area contributed by atoms with E-state index < -0.39 is 0 Å². The summed E-state index contributed by atoms with van der Waals surface area (Å²) in [6, 6.07) is 12.8. The van der Waals surface area contributed by atoms with Crippen molar-refractivity contribution in [1.29, 1.82) is 0 Å². The van der Waals surface area contributed by atoms with Gasteiger partial charge in [-0.15, -0.1) is 0 Å². The molecule has 2 aromatic carbocycles. The lowest BCUT2D eigenvalue weighted by Gasteiger charge is -2.14. The van der Waals surface area contributed by atoms with Gasteiger partial charge in [-0.1, -0.05) is 30.3 Å². The number of carbonyl (C=O) groups is 1. The second-order valence-electron chi connectivity index (χ2n) is 6.30. The monoisotopic (exact) mass is 327 g/mol. The third-order valence-corrected chi connectivity index (χ3v) is 4.28. The molecule has 0 unspecified atom stereocenters. The predicted molar refractivity (Wildman–Crippen MR) is 91.7 cm³/mol. The summed E-state index contributed by atoms with van der Waals surface area (Å²) in [5, 5.41) is 2.99. The summed E-state index contributed by atoms with van der Waals surface area (Å²) in [5.74, 6) is 0.675. The maximum absolute atomic E-state index is 13.6. The van der Waals surface area contributed by atoms with Crippen molar-refractivity contribution in [3.8, 4) is 5.75 Å². The molecule has 0 fully saturated rings. The SMILES string of the molecule is C[C@@H](Cc1ccc2c(c1)CCO2)NC(=O)CCc1ccccc1F. The third-order valence-electron chi connectivity index (χ3n) is 4.28. The molecular weight excluding hydrogens is 305 g/mol. The lowest BCUT2D eigenvalue weighted by atomic mass is 10.0. The van der Waals surface area contributed by atoms with Crippen LogP contribution in [0.3, 0.4) is 0 Å². The summed E-state index contributed by atoms with van der Waals surface area (Å²) in [5.41, 5.74) is 3.02. The van der Waals surface area contributed by atoms with Crippen LogP contribution in [-0.2, 0) is 24.1 Å². The van der Waals surface area contributed by atoms with E-state index in [9.17, 15) is 9.18 Å². The maximum Gasteiger partial charge on any atom is 0.220 e. The van der Waals surface area contributed by atoms with Gasteiger partial charge in [0, 0.05) is 18.9 Å². The third kappa shape index (κ3) is 4.13. The van der Waals surface area contributed by atoms with Crippen LogP contribution in [0.5, 0.6) is 5.75 Å². The van der Waals surface area contributed by atoms with Gasteiger partial charge in [-0.05, 0) is 48.6 Å². The highest BCUT2D eigenvalue weighted by Gasteiger charge is 2.14. The average Bonchev–Trinajstić information content (AvgIpc) is 3.01. The van der Waals surface area contributed by atoms with E-state index in [1.807, 2.05) is 19.1 Å². The largest absolute Gasteiger partial charge is 0.493 e. The topological polar surface area (TPSA) is 38.3 Å². The van der Waals surface area contributed by atoms with Crippen LogP contribution >= 0.6 is 0 Å². The van der Waals surface area contributed by atoms with Crippen molar-refractivity contribution >= 4 is 5.91 Å². The molecule has 0 saturated carbocycles. The van der Waals surface area contributed by atoms with Gasteiger partial charge in [-0.25, -0.2) is 4.39 Å². The Bertz CT molecular complexity index is 729. The summed E-state index contributed by atoms with van der Waals surface area (Å²) in [6.45, 7) is 2.74. The lowest BCUT2D eigenvalue weighted by Crippen LogP contribution is -2.34. The second kappa shape index (κ2) is 7.47. The molecule has 4 heteroatoms. The fraction of sp³-hybridized carbons (Fsp3) is 0.350. The van der Waals surface area contributed by atoms with Crippen LogP contribution in [0.15, 0.2) is 42.5 Å². The average molecular weight is 327 g/mol. The van der Waals surface area contributed by atoms with Crippen LogP contribution in [0.25, 0.3) is 0 Å². The standard InChI is InChI=1S/C20H22FNO2/c1-14(12-15-6-8-19-17(13-15)10-11-24-19)22-20(23)9-7-16-4-2-3-5-18(16)21/h2-6,8,13-14H,7,9-12H2,1H3,(H,22,23)/t14-/m0/s1. The van der Waals surface area contributed by atoms with Gasteiger partial charge in [-0.3, -0.25) is 4.79 Å². The number of rotatable bonds is 6. The molecule has 1 aliphatic heterocycles. The van der Waals surface area contributed by atoms with Crippen molar-refractivity contribution in [3.05, 3.63) is 65.0 Å². The Morgan fingerprint density at radius 1 is 1.29 bits per heavy atom. The number of carbonyl (C=O) groups excluding carboxylic acids is 1. The van der Waals surface area contributed by atoms with Gasteiger partial charge in [0.15, 0.2) is 0 Å². The summed E-state index contributed by atoms with van der Waals surface area (Å²) < 4.78 is 19.1. The molecule has 1 N–H and O–H groups in total. The maximum atomic E-state index is 13.6. The molecule has 0 aromatic heterocycles. The Hall–Kier alpha value is -2.36. The van der Waals surface area contributed by atoms with E-state index in [4.69, 9.17) is 4.74 Å². The van der Waals surface area contributed by atoms with Crippen LogP contribution < -0.4 is 10.1 Å². The van der Waals surface area contributed by atoms with Crippen LogP contribution in [0.1, 0.15) is 30.0 Å². The zero-order chi connectivity index (χ0) is 16.9. The molecule has 1 amide bonds. The highest BCUT2D eigenvalue weighted by atomic mass is 19.1. The molecule has 24 heavy (non-hydrogen) atoms. The molecule has 3 rings (SSSR count). The number of ether oxygens (including phenoxy) is 1. The highest BCUT2D eigenvalue weighted by molar-refractivity contribution is 5.76. The summed E-state index contributed by atoms with van der Waals surface area (Å²) in [6.07, 6.45) is 2.44. The molecular formula is C20H22FNO2. The van der Waals surface area contributed by atoms with Crippen molar-refractivity contribution in [2.75, 3.05) is 6.61 Å². The van der Waals surface area contributed by atoms with Crippen molar-refractivity contribution in [2.24, 2.45) is 0 Å². The van der Waals surface area contributed by atoms with Crippen molar-refractivity contribution < 1.29 is 13.9 Å². The smallest absolute Gasteiger partial charge is 0.220 e. The number of benzene rings is 2.